The minimum atomic E-state index is -0.771. The van der Waals surface area contributed by atoms with Crippen molar-refractivity contribution in [2.75, 3.05) is 10.6 Å². The van der Waals surface area contributed by atoms with Gasteiger partial charge in [-0.05, 0) is 47.2 Å². The largest absolute Gasteiger partial charge is 0.472 e. The average Bonchev–Trinajstić information content (AvgIpc) is 2.92. The Morgan fingerprint density at radius 3 is 2.28 bits per heavy atom. The Morgan fingerprint density at radius 1 is 0.923 bits per heavy atom. The molecule has 39 heavy (non-hydrogen) atoms. The maximum absolute atomic E-state index is 12.6. The Morgan fingerprint density at radius 2 is 1.67 bits per heavy atom. The molecule has 1 atom stereocenters. The minimum absolute atomic E-state index is 0.0210. The Balaban J connectivity index is 1.70. The summed E-state index contributed by atoms with van der Waals surface area (Å²) in [5, 5.41) is 6.15. The van der Waals surface area contributed by atoms with Crippen LogP contribution in [0.1, 0.15) is 36.2 Å². The van der Waals surface area contributed by atoms with Crippen molar-refractivity contribution < 1.29 is 14.3 Å². The normalized spacial score (nSPS) is 11.6. The van der Waals surface area contributed by atoms with Gasteiger partial charge in [0.25, 0.3) is 5.91 Å². The second kappa shape index (κ2) is 12.5. The van der Waals surface area contributed by atoms with Crippen molar-refractivity contribution in [3.63, 3.8) is 0 Å². The Hall–Kier alpha value is -4.99. The van der Waals surface area contributed by atoms with Crippen LogP contribution in [0.15, 0.2) is 79.1 Å². The molecule has 0 fully saturated rings. The molecule has 0 spiro atoms. The van der Waals surface area contributed by atoms with E-state index < -0.39 is 17.9 Å². The number of amides is 2. The number of rotatable bonds is 12. The number of benzene rings is 2. The molecular weight excluding hydrogens is 494 g/mol. The lowest BCUT2D eigenvalue weighted by Gasteiger charge is -2.20. The standard InChI is InChI=1S/C29H31N7O3/c1-18(2)15-23(25(30)37)34-29-35-27(33-22-12-10-20(11-13-22)21-9-6-14-32-16-21)24(26(31)38)28(36-29)39-17-19-7-4-3-5-8-19/h3-14,16,18,23H,15,17H2,1-2H3,(H2,30,37)(H2,31,38)(H2,33,34,35,36). The summed E-state index contributed by atoms with van der Waals surface area (Å²) in [5.74, 6) is -0.950. The van der Waals surface area contributed by atoms with Gasteiger partial charge in [-0.15, -0.1) is 0 Å². The van der Waals surface area contributed by atoms with Crippen LogP contribution in [0, 0.1) is 5.92 Å². The number of nitrogens with two attached hydrogens (primary N) is 2. The number of aromatic nitrogens is 3. The summed E-state index contributed by atoms with van der Waals surface area (Å²) >= 11 is 0. The van der Waals surface area contributed by atoms with E-state index in [0.717, 1.165) is 16.7 Å². The van der Waals surface area contributed by atoms with E-state index in [-0.39, 0.29) is 35.7 Å². The fourth-order valence-electron chi connectivity index (χ4n) is 3.94. The summed E-state index contributed by atoms with van der Waals surface area (Å²) in [6.45, 7) is 4.10. The molecule has 2 amide bonds. The van der Waals surface area contributed by atoms with Gasteiger partial charge in [0.05, 0.1) is 0 Å². The molecule has 4 aromatic rings. The molecule has 0 radical (unpaired) electrons. The van der Waals surface area contributed by atoms with Gasteiger partial charge in [0.15, 0.2) is 5.82 Å². The summed E-state index contributed by atoms with van der Waals surface area (Å²) in [6, 6.07) is 20.1. The van der Waals surface area contributed by atoms with E-state index in [1.807, 2.05) is 80.6 Å². The number of carbonyl (C=O) groups excluding carboxylic acids is 2. The van der Waals surface area contributed by atoms with Crippen molar-refractivity contribution in [2.24, 2.45) is 17.4 Å². The van der Waals surface area contributed by atoms with Crippen molar-refractivity contribution in [1.29, 1.82) is 0 Å². The molecule has 0 saturated heterocycles. The molecule has 200 valence electrons. The van der Waals surface area contributed by atoms with Crippen LogP contribution >= 0.6 is 0 Å². The molecular formula is C29H31N7O3. The minimum Gasteiger partial charge on any atom is -0.472 e. The van der Waals surface area contributed by atoms with Crippen molar-refractivity contribution in [1.82, 2.24) is 15.0 Å². The highest BCUT2D eigenvalue weighted by Gasteiger charge is 2.24. The van der Waals surface area contributed by atoms with Gasteiger partial charge in [-0.1, -0.05) is 62.4 Å². The molecule has 0 aliphatic rings. The first-order valence-electron chi connectivity index (χ1n) is 12.5. The third-order valence-electron chi connectivity index (χ3n) is 5.84. The van der Waals surface area contributed by atoms with Crippen LogP contribution in [0.3, 0.4) is 0 Å². The highest BCUT2D eigenvalue weighted by Crippen LogP contribution is 2.30. The van der Waals surface area contributed by atoms with Crippen LogP contribution in [0.5, 0.6) is 5.88 Å². The number of hydrogen-bond donors (Lipinski definition) is 4. The van der Waals surface area contributed by atoms with Crippen molar-refractivity contribution in [2.45, 2.75) is 32.9 Å². The zero-order valence-electron chi connectivity index (χ0n) is 21.8. The summed E-state index contributed by atoms with van der Waals surface area (Å²) in [7, 11) is 0. The number of carbonyl (C=O) groups is 2. The van der Waals surface area contributed by atoms with Gasteiger partial charge in [0.1, 0.15) is 18.2 Å². The highest BCUT2D eigenvalue weighted by molar-refractivity contribution is 6.00. The molecule has 6 N–H and O–H groups in total. The van der Waals surface area contributed by atoms with Crippen LogP contribution in [0.2, 0.25) is 0 Å². The van der Waals surface area contributed by atoms with Gasteiger partial charge in [-0.2, -0.15) is 9.97 Å². The maximum Gasteiger partial charge on any atom is 0.258 e. The Kier molecular flexibility index (Phi) is 8.67. The van der Waals surface area contributed by atoms with Crippen molar-refractivity contribution in [3.8, 4) is 17.0 Å². The average molecular weight is 526 g/mol. The van der Waals surface area contributed by atoms with Crippen molar-refractivity contribution in [3.05, 3.63) is 90.3 Å². The topological polar surface area (TPSA) is 158 Å². The second-order valence-corrected chi connectivity index (χ2v) is 9.39. The van der Waals surface area contributed by atoms with E-state index in [4.69, 9.17) is 16.2 Å². The first-order valence-corrected chi connectivity index (χ1v) is 12.5. The van der Waals surface area contributed by atoms with Gasteiger partial charge in [-0.25, -0.2) is 0 Å². The van der Waals surface area contributed by atoms with Crippen LogP contribution < -0.4 is 26.8 Å². The van der Waals surface area contributed by atoms with Crippen LogP contribution in [-0.2, 0) is 11.4 Å². The molecule has 0 aliphatic carbocycles. The maximum atomic E-state index is 12.6. The first kappa shape index (κ1) is 27.1. The second-order valence-electron chi connectivity index (χ2n) is 9.39. The van der Waals surface area contributed by atoms with Crippen LogP contribution in [0.25, 0.3) is 11.1 Å². The third kappa shape index (κ3) is 7.29. The van der Waals surface area contributed by atoms with E-state index in [9.17, 15) is 9.59 Å². The first-order chi connectivity index (χ1) is 18.8. The fraction of sp³-hybridized carbons (Fsp3) is 0.207. The molecule has 10 nitrogen and oxygen atoms in total. The number of anilines is 3. The lowest BCUT2D eigenvalue weighted by molar-refractivity contribution is -0.119. The van der Waals surface area contributed by atoms with Crippen LogP contribution in [-0.4, -0.2) is 32.8 Å². The van der Waals surface area contributed by atoms with Gasteiger partial charge < -0.3 is 26.8 Å². The van der Waals surface area contributed by atoms with Gasteiger partial charge >= 0.3 is 0 Å². The van der Waals surface area contributed by atoms with E-state index in [1.165, 1.54) is 0 Å². The molecule has 2 aromatic carbocycles. The predicted molar refractivity (Wildman–Crippen MR) is 150 cm³/mol. The van der Waals surface area contributed by atoms with Crippen molar-refractivity contribution >= 4 is 29.3 Å². The summed E-state index contributed by atoms with van der Waals surface area (Å²) in [5.41, 5.74) is 14.8. The molecule has 0 aliphatic heterocycles. The molecule has 2 heterocycles. The number of nitrogens with zero attached hydrogens (tertiary/aromatic N) is 3. The van der Waals surface area contributed by atoms with E-state index >= 15 is 0 Å². The lowest BCUT2D eigenvalue weighted by Crippen LogP contribution is -2.37. The highest BCUT2D eigenvalue weighted by atomic mass is 16.5. The molecule has 0 bridgehead atoms. The third-order valence-corrected chi connectivity index (χ3v) is 5.84. The monoisotopic (exact) mass is 525 g/mol. The quantitative estimate of drug-likeness (QED) is 0.213. The molecule has 4 rings (SSSR count). The molecule has 2 aromatic heterocycles. The number of pyridine rings is 1. The van der Waals surface area contributed by atoms with Gasteiger partial charge in [-0.3, -0.25) is 14.6 Å². The molecule has 1 unspecified atom stereocenters. The number of nitrogens with one attached hydrogen (secondary N) is 2. The van der Waals surface area contributed by atoms with E-state index in [2.05, 4.69) is 25.6 Å². The molecule has 10 heteroatoms. The Bertz CT molecular complexity index is 1410. The number of ether oxygens (including phenoxy) is 1. The lowest BCUT2D eigenvalue weighted by atomic mass is 10.0. The summed E-state index contributed by atoms with van der Waals surface area (Å²) in [6.07, 6.45) is 3.96. The zero-order chi connectivity index (χ0) is 27.8. The fourth-order valence-corrected chi connectivity index (χ4v) is 3.94. The predicted octanol–water partition coefficient (Wildman–Crippen LogP) is 4.27. The SMILES string of the molecule is CC(C)CC(Nc1nc(Nc2ccc(-c3cccnc3)cc2)c(C(N)=O)c(OCc2ccccc2)n1)C(N)=O. The van der Waals surface area contributed by atoms with Gasteiger partial charge in [0.2, 0.25) is 17.7 Å². The number of hydrogen-bond acceptors (Lipinski definition) is 8. The van der Waals surface area contributed by atoms with Gasteiger partial charge in [0, 0.05) is 18.1 Å². The summed E-state index contributed by atoms with van der Waals surface area (Å²) < 4.78 is 5.95. The Labute approximate surface area is 226 Å². The van der Waals surface area contributed by atoms with E-state index in [0.29, 0.717) is 12.1 Å². The van der Waals surface area contributed by atoms with Crippen LogP contribution in [0.4, 0.5) is 17.5 Å². The smallest absolute Gasteiger partial charge is 0.258 e. The molecule has 0 saturated carbocycles. The van der Waals surface area contributed by atoms with E-state index in [1.54, 1.807) is 12.4 Å². The summed E-state index contributed by atoms with van der Waals surface area (Å²) in [4.78, 5) is 37.7. The number of primary amides is 2. The zero-order valence-corrected chi connectivity index (χ0v) is 21.8.